The molecule has 5 heteroatoms. The van der Waals surface area contributed by atoms with Crippen molar-refractivity contribution >= 4 is 33.3 Å². The van der Waals surface area contributed by atoms with Gasteiger partial charge in [-0.1, -0.05) is 34.1 Å². The lowest BCUT2D eigenvalue weighted by molar-refractivity contribution is -0.128. The molecule has 0 aromatic heterocycles. The van der Waals surface area contributed by atoms with Crippen molar-refractivity contribution in [1.82, 2.24) is 0 Å². The third-order valence-corrected chi connectivity index (χ3v) is 2.70. The van der Waals surface area contributed by atoms with Gasteiger partial charge in [0.25, 0.3) is 5.91 Å². The number of hydrogen-bond acceptors (Lipinski definition) is 3. The summed E-state index contributed by atoms with van der Waals surface area (Å²) in [4.78, 5) is 22.5. The van der Waals surface area contributed by atoms with Crippen LogP contribution in [0.15, 0.2) is 24.3 Å². The molecule has 0 radical (unpaired) electrons. The fourth-order valence-corrected chi connectivity index (χ4v) is 1.42. The Morgan fingerprint density at radius 2 is 2.00 bits per heavy atom. The standard InChI is InChI=1S/C11H12BrNO3/c1-8-4-2-3-5-10(8)13(16)11(15)6-9(14)7-12/h2-5,16H,6-7H2,1H3. The molecular formula is C11H12BrNO3. The molecule has 0 spiro atoms. The number of amides is 1. The maximum Gasteiger partial charge on any atom is 0.258 e. The maximum absolute atomic E-state index is 11.5. The fourth-order valence-electron chi connectivity index (χ4n) is 1.23. The lowest BCUT2D eigenvalue weighted by Crippen LogP contribution is -2.29. The van der Waals surface area contributed by atoms with Gasteiger partial charge >= 0.3 is 0 Å². The predicted octanol–water partition coefficient (Wildman–Crippen LogP) is 2.07. The van der Waals surface area contributed by atoms with Crippen LogP contribution in [0.25, 0.3) is 0 Å². The number of hydroxylamine groups is 1. The highest BCUT2D eigenvalue weighted by molar-refractivity contribution is 9.09. The lowest BCUT2D eigenvalue weighted by Gasteiger charge is -2.16. The van der Waals surface area contributed by atoms with Gasteiger partial charge in [-0.05, 0) is 18.6 Å². The first-order chi connectivity index (χ1) is 7.56. The summed E-state index contributed by atoms with van der Waals surface area (Å²) in [5.74, 6) is -0.892. The molecule has 4 nitrogen and oxygen atoms in total. The number of aryl methyl sites for hydroxylation is 1. The number of Topliss-reactive ketones (excluding diaryl/α,β-unsaturated/α-hetero) is 1. The summed E-state index contributed by atoms with van der Waals surface area (Å²) in [5.41, 5.74) is 1.17. The van der Waals surface area contributed by atoms with E-state index in [2.05, 4.69) is 15.9 Å². The van der Waals surface area contributed by atoms with Crippen molar-refractivity contribution in [3.63, 3.8) is 0 Å². The van der Waals surface area contributed by atoms with Crippen LogP contribution >= 0.6 is 15.9 Å². The van der Waals surface area contributed by atoms with Crippen LogP contribution in [0.2, 0.25) is 0 Å². The molecule has 0 saturated heterocycles. The Morgan fingerprint density at radius 3 is 2.56 bits per heavy atom. The average molecular weight is 286 g/mol. The molecule has 1 amide bonds. The lowest BCUT2D eigenvalue weighted by atomic mass is 10.2. The number of carbonyl (C=O) groups excluding carboxylic acids is 2. The van der Waals surface area contributed by atoms with E-state index in [4.69, 9.17) is 0 Å². The van der Waals surface area contributed by atoms with Gasteiger partial charge in [0.15, 0.2) is 5.78 Å². The van der Waals surface area contributed by atoms with E-state index >= 15 is 0 Å². The van der Waals surface area contributed by atoms with Crippen LogP contribution < -0.4 is 5.06 Å². The zero-order valence-corrected chi connectivity index (χ0v) is 10.4. The number of para-hydroxylation sites is 1. The highest BCUT2D eigenvalue weighted by Crippen LogP contribution is 2.18. The third kappa shape index (κ3) is 3.15. The Hall–Kier alpha value is -1.20. The number of rotatable bonds is 4. The molecule has 0 unspecified atom stereocenters. The summed E-state index contributed by atoms with van der Waals surface area (Å²) < 4.78 is 0. The summed E-state index contributed by atoms with van der Waals surface area (Å²) in [6.45, 7) is 1.78. The van der Waals surface area contributed by atoms with E-state index in [1.165, 1.54) is 0 Å². The zero-order valence-electron chi connectivity index (χ0n) is 8.81. The van der Waals surface area contributed by atoms with Gasteiger partial charge in [-0.3, -0.25) is 14.8 Å². The Balaban J connectivity index is 2.78. The highest BCUT2D eigenvalue weighted by atomic mass is 79.9. The number of carbonyl (C=O) groups is 2. The zero-order chi connectivity index (χ0) is 12.1. The van der Waals surface area contributed by atoms with Gasteiger partial charge in [0.1, 0.15) is 0 Å². The molecule has 0 heterocycles. The van der Waals surface area contributed by atoms with Gasteiger partial charge in [-0.25, -0.2) is 0 Å². The van der Waals surface area contributed by atoms with Crippen molar-refractivity contribution < 1.29 is 14.8 Å². The first-order valence-electron chi connectivity index (χ1n) is 4.71. The summed E-state index contributed by atoms with van der Waals surface area (Å²) in [6.07, 6.45) is -0.309. The van der Waals surface area contributed by atoms with Crippen molar-refractivity contribution in [1.29, 1.82) is 0 Å². The van der Waals surface area contributed by atoms with Crippen LogP contribution in [0.3, 0.4) is 0 Å². The SMILES string of the molecule is Cc1ccccc1N(O)C(=O)CC(=O)CBr. The second-order valence-corrected chi connectivity index (χ2v) is 3.90. The van der Waals surface area contributed by atoms with Gasteiger partial charge in [-0.15, -0.1) is 0 Å². The van der Waals surface area contributed by atoms with E-state index in [1.807, 2.05) is 0 Å². The van der Waals surface area contributed by atoms with Crippen LogP contribution in [0.1, 0.15) is 12.0 Å². The number of hydrogen-bond donors (Lipinski definition) is 1. The second-order valence-electron chi connectivity index (χ2n) is 3.34. The molecule has 86 valence electrons. The fraction of sp³-hybridized carbons (Fsp3) is 0.273. The van der Waals surface area contributed by atoms with Gasteiger partial charge in [0.2, 0.25) is 0 Å². The van der Waals surface area contributed by atoms with Crippen molar-refractivity contribution in [3.8, 4) is 0 Å². The number of nitrogens with zero attached hydrogens (tertiary/aromatic N) is 1. The molecule has 0 aliphatic rings. The molecule has 1 rings (SSSR count). The Labute approximate surface area is 102 Å². The summed E-state index contributed by atoms with van der Waals surface area (Å²) in [7, 11) is 0. The first-order valence-corrected chi connectivity index (χ1v) is 5.83. The number of halogens is 1. The monoisotopic (exact) mass is 285 g/mol. The molecule has 1 aromatic carbocycles. The van der Waals surface area contributed by atoms with Crippen LogP contribution in [0.5, 0.6) is 0 Å². The minimum atomic E-state index is -0.626. The van der Waals surface area contributed by atoms with Gasteiger partial charge in [0, 0.05) is 0 Å². The molecule has 0 atom stereocenters. The Bertz CT molecular complexity index is 406. The highest BCUT2D eigenvalue weighted by Gasteiger charge is 2.17. The number of benzene rings is 1. The van der Waals surface area contributed by atoms with E-state index in [0.29, 0.717) is 10.8 Å². The summed E-state index contributed by atoms with van der Waals surface area (Å²) in [6, 6.07) is 6.91. The maximum atomic E-state index is 11.5. The molecule has 1 aromatic rings. The van der Waals surface area contributed by atoms with E-state index in [-0.39, 0.29) is 17.5 Å². The third-order valence-electron chi connectivity index (χ3n) is 2.08. The van der Waals surface area contributed by atoms with E-state index in [0.717, 1.165) is 5.56 Å². The molecule has 16 heavy (non-hydrogen) atoms. The minimum Gasteiger partial charge on any atom is -0.298 e. The van der Waals surface area contributed by atoms with Crippen molar-refractivity contribution in [3.05, 3.63) is 29.8 Å². The van der Waals surface area contributed by atoms with Gasteiger partial charge < -0.3 is 0 Å². The van der Waals surface area contributed by atoms with Crippen molar-refractivity contribution in [2.75, 3.05) is 10.4 Å². The Kier molecular flexibility index (Phi) is 4.64. The molecule has 1 N–H and O–H groups in total. The predicted molar refractivity (Wildman–Crippen MR) is 63.9 cm³/mol. The molecule has 0 saturated carbocycles. The summed E-state index contributed by atoms with van der Waals surface area (Å²) >= 11 is 2.96. The molecule has 0 bridgehead atoms. The van der Waals surface area contributed by atoms with Crippen molar-refractivity contribution in [2.45, 2.75) is 13.3 Å². The second kappa shape index (κ2) is 5.77. The number of alkyl halides is 1. The van der Waals surface area contributed by atoms with Crippen LogP contribution in [0, 0.1) is 6.92 Å². The average Bonchev–Trinajstić information content (AvgIpc) is 2.28. The van der Waals surface area contributed by atoms with Crippen LogP contribution in [-0.2, 0) is 9.59 Å². The molecule has 0 aliphatic heterocycles. The smallest absolute Gasteiger partial charge is 0.258 e. The van der Waals surface area contributed by atoms with Crippen LogP contribution in [-0.4, -0.2) is 22.2 Å². The van der Waals surface area contributed by atoms with Gasteiger partial charge in [-0.2, -0.15) is 5.06 Å². The first kappa shape index (κ1) is 12.9. The molecule has 0 aliphatic carbocycles. The number of anilines is 1. The molecule has 0 fully saturated rings. The minimum absolute atomic E-state index is 0.111. The van der Waals surface area contributed by atoms with E-state index in [1.54, 1.807) is 31.2 Å². The largest absolute Gasteiger partial charge is 0.298 e. The quantitative estimate of drug-likeness (QED) is 0.399. The Morgan fingerprint density at radius 1 is 1.38 bits per heavy atom. The molecular weight excluding hydrogens is 274 g/mol. The van der Waals surface area contributed by atoms with E-state index < -0.39 is 5.91 Å². The summed E-state index contributed by atoms with van der Waals surface area (Å²) in [5, 5.41) is 10.3. The normalized spacial score (nSPS) is 9.94. The van der Waals surface area contributed by atoms with Crippen LogP contribution in [0.4, 0.5) is 5.69 Å². The number of ketones is 1. The van der Waals surface area contributed by atoms with Crippen molar-refractivity contribution in [2.24, 2.45) is 0 Å². The van der Waals surface area contributed by atoms with E-state index in [9.17, 15) is 14.8 Å². The van der Waals surface area contributed by atoms with Gasteiger partial charge in [0.05, 0.1) is 17.4 Å². The topological polar surface area (TPSA) is 57.6 Å².